The van der Waals surface area contributed by atoms with Crippen molar-refractivity contribution >= 4 is 38.5 Å². The fourth-order valence-electron chi connectivity index (χ4n) is 0.989. The molecular formula is C9H6BrF4I. The number of hydrogen-bond donors (Lipinski definition) is 0. The quantitative estimate of drug-likeness (QED) is 0.472. The minimum atomic E-state index is -4.91. The zero-order valence-electron chi connectivity index (χ0n) is 7.50. The third kappa shape index (κ3) is 2.83. The van der Waals surface area contributed by atoms with Crippen LogP contribution in [0, 0.1) is 3.57 Å². The van der Waals surface area contributed by atoms with Crippen molar-refractivity contribution in [3.05, 3.63) is 31.8 Å². The lowest BCUT2D eigenvalue weighted by Crippen LogP contribution is -2.35. The molecule has 1 rings (SSSR count). The molecule has 0 saturated carbocycles. The summed E-state index contributed by atoms with van der Waals surface area (Å²) in [5.74, 6) is 0. The van der Waals surface area contributed by atoms with Gasteiger partial charge in [0.2, 0.25) is 5.67 Å². The Bertz CT molecular complexity index is 353. The Labute approximate surface area is 106 Å². The van der Waals surface area contributed by atoms with E-state index < -0.39 is 17.4 Å². The highest BCUT2D eigenvalue weighted by atomic mass is 127. The summed E-state index contributed by atoms with van der Waals surface area (Å²) in [6.07, 6.45) is -4.91. The molecule has 0 fully saturated rings. The van der Waals surface area contributed by atoms with Crippen LogP contribution < -0.4 is 0 Å². The summed E-state index contributed by atoms with van der Waals surface area (Å²) in [6.45, 7) is 0.519. The van der Waals surface area contributed by atoms with Gasteiger partial charge in [0.1, 0.15) is 0 Å². The molecule has 0 aliphatic heterocycles. The largest absolute Gasteiger partial charge is 0.426 e. The van der Waals surface area contributed by atoms with Crippen LogP contribution in [0.4, 0.5) is 17.6 Å². The molecule has 1 atom stereocenters. The first kappa shape index (κ1) is 13.2. The van der Waals surface area contributed by atoms with Gasteiger partial charge in [-0.05, 0) is 47.7 Å². The van der Waals surface area contributed by atoms with E-state index in [1.54, 1.807) is 6.07 Å². The van der Waals surface area contributed by atoms with Crippen molar-refractivity contribution in [1.82, 2.24) is 0 Å². The average molecular weight is 397 g/mol. The van der Waals surface area contributed by atoms with Crippen molar-refractivity contribution in [2.75, 3.05) is 0 Å². The van der Waals surface area contributed by atoms with Crippen LogP contribution in [-0.2, 0) is 5.67 Å². The summed E-state index contributed by atoms with van der Waals surface area (Å²) >= 11 is 4.87. The summed E-state index contributed by atoms with van der Waals surface area (Å²) in [7, 11) is 0. The fraction of sp³-hybridized carbons (Fsp3) is 0.333. The van der Waals surface area contributed by atoms with Gasteiger partial charge in [0.15, 0.2) is 0 Å². The van der Waals surface area contributed by atoms with E-state index in [-0.39, 0.29) is 0 Å². The maximum atomic E-state index is 13.5. The first-order valence-electron chi connectivity index (χ1n) is 3.87. The molecule has 6 heteroatoms. The van der Waals surface area contributed by atoms with Gasteiger partial charge in [-0.25, -0.2) is 4.39 Å². The Morgan fingerprint density at radius 3 is 2.07 bits per heavy atom. The van der Waals surface area contributed by atoms with E-state index in [4.69, 9.17) is 0 Å². The fourth-order valence-corrected chi connectivity index (χ4v) is 2.58. The normalized spacial score (nSPS) is 16.2. The number of rotatable bonds is 1. The first-order valence-corrected chi connectivity index (χ1v) is 5.74. The van der Waals surface area contributed by atoms with Gasteiger partial charge < -0.3 is 0 Å². The number of alkyl halides is 4. The molecule has 84 valence electrons. The SMILES string of the molecule is CC(F)(c1cc(Br)cc(I)c1)C(F)(F)F. The van der Waals surface area contributed by atoms with Crippen molar-refractivity contribution in [3.8, 4) is 0 Å². The highest BCUT2D eigenvalue weighted by Gasteiger charge is 2.53. The molecule has 0 radical (unpaired) electrons. The number of halogens is 6. The van der Waals surface area contributed by atoms with Crippen LogP contribution in [0.1, 0.15) is 12.5 Å². The zero-order chi connectivity index (χ0) is 11.9. The van der Waals surface area contributed by atoms with E-state index in [1.165, 1.54) is 6.07 Å². The van der Waals surface area contributed by atoms with Crippen molar-refractivity contribution in [2.24, 2.45) is 0 Å². The second kappa shape index (κ2) is 4.20. The lowest BCUT2D eigenvalue weighted by atomic mass is 9.97. The molecule has 0 amide bonds. The molecule has 15 heavy (non-hydrogen) atoms. The van der Waals surface area contributed by atoms with E-state index in [2.05, 4.69) is 15.9 Å². The molecule has 0 aliphatic carbocycles. The predicted molar refractivity (Wildman–Crippen MR) is 61.4 cm³/mol. The summed E-state index contributed by atoms with van der Waals surface area (Å²) in [4.78, 5) is 0. The van der Waals surface area contributed by atoms with Crippen molar-refractivity contribution in [3.63, 3.8) is 0 Å². The van der Waals surface area contributed by atoms with E-state index in [1.807, 2.05) is 22.6 Å². The molecule has 1 unspecified atom stereocenters. The monoisotopic (exact) mass is 396 g/mol. The van der Waals surface area contributed by atoms with Gasteiger partial charge in [0.05, 0.1) is 0 Å². The molecule has 1 aromatic carbocycles. The van der Waals surface area contributed by atoms with Gasteiger partial charge in [-0.3, -0.25) is 0 Å². The van der Waals surface area contributed by atoms with Crippen molar-refractivity contribution < 1.29 is 17.6 Å². The predicted octanol–water partition coefficient (Wildman–Crippen LogP) is 4.80. The summed E-state index contributed by atoms with van der Waals surface area (Å²) < 4.78 is 51.7. The third-order valence-corrected chi connectivity index (χ3v) is 3.02. The van der Waals surface area contributed by atoms with Crippen LogP contribution >= 0.6 is 38.5 Å². The van der Waals surface area contributed by atoms with Gasteiger partial charge in [-0.1, -0.05) is 15.9 Å². The first-order chi connectivity index (χ1) is 6.64. The van der Waals surface area contributed by atoms with E-state index >= 15 is 0 Å². The van der Waals surface area contributed by atoms with Crippen LogP contribution in [0.3, 0.4) is 0 Å². The Kier molecular flexibility index (Phi) is 3.70. The van der Waals surface area contributed by atoms with Gasteiger partial charge in [0.25, 0.3) is 0 Å². The second-order valence-electron chi connectivity index (χ2n) is 3.16. The minimum absolute atomic E-state index is 0.395. The highest BCUT2D eigenvalue weighted by Crippen LogP contribution is 2.43. The molecule has 0 aliphatic rings. The minimum Gasteiger partial charge on any atom is -0.229 e. The molecule has 0 aromatic heterocycles. The number of hydrogen-bond acceptors (Lipinski definition) is 0. The summed E-state index contributed by atoms with van der Waals surface area (Å²) in [5.41, 5.74) is -3.72. The lowest BCUT2D eigenvalue weighted by molar-refractivity contribution is -0.228. The van der Waals surface area contributed by atoms with E-state index in [0.29, 0.717) is 15.0 Å². The molecule has 0 nitrogen and oxygen atoms in total. The molecule has 0 heterocycles. The smallest absolute Gasteiger partial charge is 0.229 e. The van der Waals surface area contributed by atoms with Crippen molar-refractivity contribution in [2.45, 2.75) is 18.8 Å². The Morgan fingerprint density at radius 1 is 1.13 bits per heavy atom. The Balaban J connectivity index is 3.27. The van der Waals surface area contributed by atoms with Crippen LogP contribution in [0.15, 0.2) is 22.7 Å². The van der Waals surface area contributed by atoms with Gasteiger partial charge >= 0.3 is 6.18 Å². The van der Waals surface area contributed by atoms with E-state index in [0.717, 1.165) is 6.07 Å². The molecule has 0 N–H and O–H groups in total. The molecule has 0 saturated heterocycles. The molecular weight excluding hydrogens is 391 g/mol. The van der Waals surface area contributed by atoms with Crippen molar-refractivity contribution in [1.29, 1.82) is 0 Å². The zero-order valence-corrected chi connectivity index (χ0v) is 11.2. The van der Waals surface area contributed by atoms with Crippen LogP contribution in [0.5, 0.6) is 0 Å². The summed E-state index contributed by atoms with van der Waals surface area (Å²) in [5, 5.41) is 0. The van der Waals surface area contributed by atoms with E-state index in [9.17, 15) is 17.6 Å². The third-order valence-electron chi connectivity index (χ3n) is 1.94. The molecule has 0 spiro atoms. The Morgan fingerprint density at radius 2 is 1.67 bits per heavy atom. The second-order valence-corrected chi connectivity index (χ2v) is 5.32. The van der Waals surface area contributed by atoms with Crippen LogP contribution in [0.2, 0.25) is 0 Å². The van der Waals surface area contributed by atoms with Gasteiger partial charge in [-0.2, -0.15) is 13.2 Å². The standard InChI is InChI=1S/C9H6BrF4I/c1-8(11,9(12,13)14)5-2-6(10)4-7(15)3-5/h2-4H,1H3. The van der Waals surface area contributed by atoms with Crippen LogP contribution in [0.25, 0.3) is 0 Å². The van der Waals surface area contributed by atoms with Gasteiger partial charge in [0, 0.05) is 13.6 Å². The van der Waals surface area contributed by atoms with Crippen LogP contribution in [-0.4, -0.2) is 6.18 Å². The highest BCUT2D eigenvalue weighted by molar-refractivity contribution is 14.1. The summed E-state index contributed by atoms with van der Waals surface area (Å²) in [6, 6.07) is 3.92. The molecule has 1 aromatic rings. The molecule has 0 bridgehead atoms. The maximum absolute atomic E-state index is 13.5. The maximum Gasteiger partial charge on any atom is 0.426 e. The average Bonchev–Trinajstić information content (AvgIpc) is 1.99. The topological polar surface area (TPSA) is 0 Å². The number of benzene rings is 1. The van der Waals surface area contributed by atoms with Gasteiger partial charge in [-0.15, -0.1) is 0 Å². The Hall–Kier alpha value is 0.150. The lowest BCUT2D eigenvalue weighted by Gasteiger charge is -2.24.